The lowest BCUT2D eigenvalue weighted by atomic mass is 10.1. The highest BCUT2D eigenvalue weighted by atomic mass is 16.7. The Morgan fingerprint density at radius 2 is 2.14 bits per heavy atom. The van der Waals surface area contributed by atoms with E-state index in [1.165, 1.54) is 0 Å². The summed E-state index contributed by atoms with van der Waals surface area (Å²) in [5, 5.41) is 2.90. The fourth-order valence-electron chi connectivity index (χ4n) is 2.10. The van der Waals surface area contributed by atoms with Crippen LogP contribution in [-0.4, -0.2) is 18.8 Å². The summed E-state index contributed by atoms with van der Waals surface area (Å²) in [6.07, 6.45) is 3.88. The Labute approximate surface area is 131 Å². The second kappa shape index (κ2) is 7.73. The summed E-state index contributed by atoms with van der Waals surface area (Å²) >= 11 is 0. The fraction of sp³-hybridized carbons (Fsp3) is 0.471. The first-order valence-corrected chi connectivity index (χ1v) is 7.58. The third-order valence-corrected chi connectivity index (χ3v) is 3.32. The smallest absolute Gasteiger partial charge is 0.261 e. The highest BCUT2D eigenvalue weighted by molar-refractivity contribution is 5.81. The molecule has 5 nitrogen and oxygen atoms in total. The minimum absolute atomic E-state index is 0.0956. The molecule has 0 aromatic heterocycles. The highest BCUT2D eigenvalue weighted by Gasteiger charge is 2.22. The lowest BCUT2D eigenvalue weighted by Crippen LogP contribution is -2.38. The second-order valence-electron chi connectivity index (χ2n) is 5.49. The molecule has 1 aliphatic rings. The molecule has 1 aromatic rings. The van der Waals surface area contributed by atoms with Crippen LogP contribution in [0.4, 0.5) is 0 Å². The van der Waals surface area contributed by atoms with Crippen LogP contribution in [0, 0.1) is 5.92 Å². The van der Waals surface area contributed by atoms with Crippen molar-refractivity contribution in [3.05, 3.63) is 36.1 Å². The number of fused-ring (bicyclic) bond motifs is 1. The zero-order valence-electron chi connectivity index (χ0n) is 13.3. The van der Waals surface area contributed by atoms with Crippen LogP contribution in [0.15, 0.2) is 30.5 Å². The van der Waals surface area contributed by atoms with E-state index in [1.54, 1.807) is 6.26 Å². The van der Waals surface area contributed by atoms with Gasteiger partial charge in [-0.1, -0.05) is 32.9 Å². The van der Waals surface area contributed by atoms with Gasteiger partial charge in [-0.05, 0) is 30.0 Å². The Bertz CT molecular complexity index is 539. The van der Waals surface area contributed by atoms with Crippen LogP contribution >= 0.6 is 0 Å². The molecular formula is C17H23NO4. The summed E-state index contributed by atoms with van der Waals surface area (Å²) in [6.45, 7) is 6.62. The van der Waals surface area contributed by atoms with Gasteiger partial charge in [-0.2, -0.15) is 0 Å². The standard InChI is InChI=1S/C17H23NO4/c1-4-5-8-20-16(12(2)3)17(19)18-10-13-6-7-14-15(9-13)22-11-21-14/h5-9,12,16H,4,10-11H2,1-3H3,(H,18,19)/b8-5+. The third-order valence-electron chi connectivity index (χ3n) is 3.32. The number of carbonyl (C=O) groups is 1. The van der Waals surface area contributed by atoms with Gasteiger partial charge in [0, 0.05) is 6.54 Å². The molecule has 1 heterocycles. The van der Waals surface area contributed by atoms with Crippen molar-refractivity contribution in [1.29, 1.82) is 0 Å². The molecule has 5 heteroatoms. The van der Waals surface area contributed by atoms with Crippen molar-refractivity contribution in [3.8, 4) is 11.5 Å². The Kier molecular flexibility index (Phi) is 5.69. The average Bonchev–Trinajstić information content (AvgIpc) is 2.96. The largest absolute Gasteiger partial charge is 0.488 e. The van der Waals surface area contributed by atoms with Crippen LogP contribution in [0.5, 0.6) is 11.5 Å². The molecule has 0 aliphatic carbocycles. The van der Waals surface area contributed by atoms with Crippen LogP contribution in [0.3, 0.4) is 0 Å². The number of benzene rings is 1. The van der Waals surface area contributed by atoms with Gasteiger partial charge in [0.15, 0.2) is 17.6 Å². The Morgan fingerprint density at radius 3 is 2.86 bits per heavy atom. The molecule has 22 heavy (non-hydrogen) atoms. The summed E-state index contributed by atoms with van der Waals surface area (Å²) < 4.78 is 16.1. The zero-order chi connectivity index (χ0) is 15.9. The average molecular weight is 305 g/mol. The number of nitrogens with one attached hydrogen (secondary N) is 1. The SMILES string of the molecule is CC/C=C/OC(C(=O)NCc1ccc2c(c1)OCO2)C(C)C. The van der Waals surface area contributed by atoms with Gasteiger partial charge < -0.3 is 19.5 Å². The highest BCUT2D eigenvalue weighted by Crippen LogP contribution is 2.32. The van der Waals surface area contributed by atoms with E-state index in [2.05, 4.69) is 5.32 Å². The number of allylic oxidation sites excluding steroid dienone is 1. The Balaban J connectivity index is 1.91. The van der Waals surface area contributed by atoms with Crippen LogP contribution in [0.1, 0.15) is 32.8 Å². The van der Waals surface area contributed by atoms with Crippen LogP contribution in [-0.2, 0) is 16.1 Å². The first-order chi connectivity index (χ1) is 10.6. The molecule has 1 atom stereocenters. The molecule has 1 N–H and O–H groups in total. The van der Waals surface area contributed by atoms with Crippen molar-refractivity contribution < 1.29 is 19.0 Å². The molecule has 1 amide bonds. The van der Waals surface area contributed by atoms with E-state index < -0.39 is 6.10 Å². The van der Waals surface area contributed by atoms with E-state index in [1.807, 2.05) is 45.0 Å². The monoisotopic (exact) mass is 305 g/mol. The molecule has 0 radical (unpaired) electrons. The number of rotatable bonds is 7. The molecule has 0 saturated carbocycles. The van der Waals surface area contributed by atoms with Crippen molar-refractivity contribution in [2.75, 3.05) is 6.79 Å². The van der Waals surface area contributed by atoms with E-state index in [-0.39, 0.29) is 18.6 Å². The maximum atomic E-state index is 12.3. The van der Waals surface area contributed by atoms with Gasteiger partial charge in [-0.25, -0.2) is 0 Å². The van der Waals surface area contributed by atoms with Gasteiger partial charge >= 0.3 is 0 Å². The number of amides is 1. The molecule has 1 aromatic carbocycles. The van der Waals surface area contributed by atoms with E-state index in [0.717, 1.165) is 17.7 Å². The number of hydrogen-bond acceptors (Lipinski definition) is 4. The van der Waals surface area contributed by atoms with E-state index in [4.69, 9.17) is 14.2 Å². The molecule has 0 bridgehead atoms. The summed E-state index contributed by atoms with van der Waals surface area (Å²) in [4.78, 5) is 12.3. The summed E-state index contributed by atoms with van der Waals surface area (Å²) in [5.41, 5.74) is 0.962. The Hall–Kier alpha value is -2.17. The first kappa shape index (κ1) is 16.2. The number of ether oxygens (including phenoxy) is 3. The second-order valence-corrected chi connectivity index (χ2v) is 5.49. The molecule has 0 saturated heterocycles. The normalized spacial score (nSPS) is 14.4. The fourth-order valence-corrected chi connectivity index (χ4v) is 2.10. The Morgan fingerprint density at radius 1 is 1.36 bits per heavy atom. The summed E-state index contributed by atoms with van der Waals surface area (Å²) in [6, 6.07) is 5.64. The van der Waals surface area contributed by atoms with Crippen molar-refractivity contribution in [3.63, 3.8) is 0 Å². The molecule has 120 valence electrons. The van der Waals surface area contributed by atoms with E-state index in [9.17, 15) is 4.79 Å². The van der Waals surface area contributed by atoms with Gasteiger partial charge in [-0.15, -0.1) is 0 Å². The lowest BCUT2D eigenvalue weighted by Gasteiger charge is -2.19. The molecule has 0 fully saturated rings. The molecule has 2 rings (SSSR count). The lowest BCUT2D eigenvalue weighted by molar-refractivity contribution is -0.132. The molecule has 0 spiro atoms. The molecule has 1 unspecified atom stereocenters. The van der Waals surface area contributed by atoms with Crippen molar-refractivity contribution >= 4 is 5.91 Å². The zero-order valence-corrected chi connectivity index (χ0v) is 13.3. The predicted molar refractivity (Wildman–Crippen MR) is 83.6 cm³/mol. The minimum Gasteiger partial charge on any atom is -0.488 e. The number of carbonyl (C=O) groups excluding carboxylic acids is 1. The number of hydrogen-bond donors (Lipinski definition) is 1. The topological polar surface area (TPSA) is 56.8 Å². The van der Waals surface area contributed by atoms with Crippen molar-refractivity contribution in [2.24, 2.45) is 5.92 Å². The van der Waals surface area contributed by atoms with Crippen LogP contribution in [0.25, 0.3) is 0 Å². The summed E-state index contributed by atoms with van der Waals surface area (Å²) in [5.74, 6) is 1.43. The van der Waals surface area contributed by atoms with Gasteiger partial charge in [0.05, 0.1) is 6.26 Å². The predicted octanol–water partition coefficient (Wildman–Crippen LogP) is 3.00. The van der Waals surface area contributed by atoms with Gasteiger partial charge in [-0.3, -0.25) is 4.79 Å². The minimum atomic E-state index is -0.489. The maximum absolute atomic E-state index is 12.3. The van der Waals surface area contributed by atoms with Crippen molar-refractivity contribution in [1.82, 2.24) is 5.32 Å². The summed E-state index contributed by atoms with van der Waals surface area (Å²) in [7, 11) is 0. The first-order valence-electron chi connectivity index (χ1n) is 7.58. The van der Waals surface area contributed by atoms with Crippen LogP contribution < -0.4 is 14.8 Å². The molecular weight excluding hydrogens is 282 g/mol. The maximum Gasteiger partial charge on any atom is 0.261 e. The van der Waals surface area contributed by atoms with E-state index in [0.29, 0.717) is 12.3 Å². The van der Waals surface area contributed by atoms with E-state index >= 15 is 0 Å². The third kappa shape index (κ3) is 4.16. The van der Waals surface area contributed by atoms with Crippen LogP contribution in [0.2, 0.25) is 0 Å². The van der Waals surface area contributed by atoms with Crippen molar-refractivity contribution in [2.45, 2.75) is 39.8 Å². The molecule has 1 aliphatic heterocycles. The van der Waals surface area contributed by atoms with Gasteiger partial charge in [0.2, 0.25) is 6.79 Å². The quantitative estimate of drug-likeness (QED) is 0.787. The van der Waals surface area contributed by atoms with Gasteiger partial charge in [0.1, 0.15) is 0 Å². The van der Waals surface area contributed by atoms with Gasteiger partial charge in [0.25, 0.3) is 5.91 Å².